The van der Waals surface area contributed by atoms with Crippen LogP contribution in [0.15, 0.2) is 54.1 Å². The first-order chi connectivity index (χ1) is 15.0. The van der Waals surface area contributed by atoms with Crippen molar-refractivity contribution in [3.63, 3.8) is 0 Å². The summed E-state index contributed by atoms with van der Waals surface area (Å²) in [6.07, 6.45) is -3.08. The lowest BCUT2D eigenvalue weighted by atomic mass is 10.1. The zero-order valence-corrected chi connectivity index (χ0v) is 18.1. The number of carbonyl (C=O) groups is 1. The van der Waals surface area contributed by atoms with E-state index in [9.17, 15) is 23.2 Å². The molecule has 0 radical (unpaired) electrons. The van der Waals surface area contributed by atoms with Gasteiger partial charge in [0.25, 0.3) is 5.91 Å². The molecule has 3 rings (SSSR count). The molecule has 0 saturated carbocycles. The minimum absolute atomic E-state index is 0.0355. The second-order valence-electron chi connectivity index (χ2n) is 7.71. The zero-order valence-electron chi connectivity index (χ0n) is 18.1. The van der Waals surface area contributed by atoms with E-state index in [0.29, 0.717) is 5.56 Å². The Balaban J connectivity index is 1.93. The molecule has 1 aromatic heterocycles. The van der Waals surface area contributed by atoms with Gasteiger partial charge in [-0.3, -0.25) is 4.79 Å². The zero-order chi connectivity index (χ0) is 23.6. The Morgan fingerprint density at radius 2 is 1.69 bits per heavy atom. The minimum Gasteiger partial charge on any atom is -0.321 e. The normalized spacial score (nSPS) is 11.9. The van der Waals surface area contributed by atoms with Gasteiger partial charge in [0, 0.05) is 22.8 Å². The third kappa shape index (κ3) is 4.92. The van der Waals surface area contributed by atoms with Crippen LogP contribution in [0.1, 0.15) is 33.6 Å². The number of amides is 1. The molecule has 0 bridgehead atoms. The number of benzene rings is 2. The largest absolute Gasteiger partial charge is 0.416 e. The summed E-state index contributed by atoms with van der Waals surface area (Å²) in [5.41, 5.74) is 4.53. The first-order valence-electron chi connectivity index (χ1n) is 9.87. The standard InChI is InChI=1S/C25H22F3N3O/c1-15-8-16(2)10-23(9-15)31-17(3)11-19(18(31)4)12-20(14-29)24(32)30-22-7-5-6-21(13-22)25(26,27)28/h5-13H,1-4H3,(H,30,32)/b20-12-. The van der Waals surface area contributed by atoms with E-state index in [2.05, 4.69) is 11.4 Å². The molecule has 0 unspecified atom stereocenters. The van der Waals surface area contributed by atoms with Crippen molar-refractivity contribution in [2.75, 3.05) is 5.32 Å². The Bertz CT molecular complexity index is 1240. The molecule has 3 aromatic rings. The van der Waals surface area contributed by atoms with Crippen molar-refractivity contribution in [1.29, 1.82) is 5.26 Å². The fourth-order valence-corrected chi connectivity index (χ4v) is 3.69. The summed E-state index contributed by atoms with van der Waals surface area (Å²) in [4.78, 5) is 12.6. The lowest BCUT2D eigenvalue weighted by molar-refractivity contribution is -0.137. The van der Waals surface area contributed by atoms with Crippen molar-refractivity contribution in [1.82, 2.24) is 4.57 Å². The number of nitrogens with one attached hydrogen (secondary N) is 1. The minimum atomic E-state index is -4.53. The van der Waals surface area contributed by atoms with E-state index in [0.717, 1.165) is 40.3 Å². The van der Waals surface area contributed by atoms with Crippen LogP contribution in [0.25, 0.3) is 11.8 Å². The fraction of sp³-hybridized carbons (Fsp3) is 0.200. The number of hydrogen-bond acceptors (Lipinski definition) is 2. The number of aromatic nitrogens is 1. The van der Waals surface area contributed by atoms with Gasteiger partial charge in [0.05, 0.1) is 5.56 Å². The Labute approximate surface area is 184 Å². The van der Waals surface area contributed by atoms with E-state index in [1.165, 1.54) is 18.2 Å². The average molecular weight is 437 g/mol. The number of hydrogen-bond donors (Lipinski definition) is 1. The van der Waals surface area contributed by atoms with Crippen molar-refractivity contribution in [2.24, 2.45) is 0 Å². The quantitative estimate of drug-likeness (QED) is 0.386. The van der Waals surface area contributed by atoms with Gasteiger partial charge >= 0.3 is 6.18 Å². The third-order valence-electron chi connectivity index (χ3n) is 5.05. The van der Waals surface area contributed by atoms with Gasteiger partial charge in [-0.2, -0.15) is 18.4 Å². The lowest BCUT2D eigenvalue weighted by Crippen LogP contribution is -2.14. The summed E-state index contributed by atoms with van der Waals surface area (Å²) in [5.74, 6) is -0.775. The highest BCUT2D eigenvalue weighted by Crippen LogP contribution is 2.31. The van der Waals surface area contributed by atoms with Crippen LogP contribution in [0, 0.1) is 39.0 Å². The van der Waals surface area contributed by atoms with Crippen molar-refractivity contribution < 1.29 is 18.0 Å². The average Bonchev–Trinajstić information content (AvgIpc) is 2.97. The number of nitrogens with zero attached hydrogens (tertiary/aromatic N) is 2. The summed E-state index contributed by atoms with van der Waals surface area (Å²) in [7, 11) is 0. The van der Waals surface area contributed by atoms with Crippen LogP contribution < -0.4 is 5.32 Å². The predicted octanol–water partition coefficient (Wildman–Crippen LogP) is 6.28. The van der Waals surface area contributed by atoms with Gasteiger partial charge in [-0.15, -0.1) is 0 Å². The number of carbonyl (C=O) groups excluding carboxylic acids is 1. The molecule has 7 heteroatoms. The summed E-state index contributed by atoms with van der Waals surface area (Å²) in [5, 5.41) is 11.9. The first kappa shape index (κ1) is 22.9. The van der Waals surface area contributed by atoms with Crippen LogP contribution in [0.4, 0.5) is 18.9 Å². The Morgan fingerprint density at radius 3 is 2.28 bits per heavy atom. The first-order valence-corrected chi connectivity index (χ1v) is 9.87. The van der Waals surface area contributed by atoms with Crippen LogP contribution in [-0.2, 0) is 11.0 Å². The third-order valence-corrected chi connectivity index (χ3v) is 5.05. The molecule has 0 spiro atoms. The van der Waals surface area contributed by atoms with E-state index in [1.54, 1.807) is 0 Å². The Morgan fingerprint density at radius 1 is 1.03 bits per heavy atom. The van der Waals surface area contributed by atoms with Gasteiger partial charge in [0.2, 0.25) is 0 Å². The summed E-state index contributed by atoms with van der Waals surface area (Å²) in [6.45, 7) is 7.84. The number of rotatable bonds is 4. The van der Waals surface area contributed by atoms with Gasteiger partial charge in [0.15, 0.2) is 0 Å². The molecular formula is C25H22F3N3O. The molecule has 0 atom stereocenters. The number of anilines is 1. The molecule has 164 valence electrons. The second kappa shape index (κ2) is 8.75. The number of halogens is 3. The molecule has 0 fully saturated rings. The summed E-state index contributed by atoms with van der Waals surface area (Å²) >= 11 is 0. The highest BCUT2D eigenvalue weighted by Gasteiger charge is 2.30. The van der Waals surface area contributed by atoms with E-state index in [1.807, 2.05) is 56.5 Å². The Kier molecular flexibility index (Phi) is 6.26. The van der Waals surface area contributed by atoms with Crippen LogP contribution in [0.3, 0.4) is 0 Å². The van der Waals surface area contributed by atoms with Gasteiger partial charge in [-0.25, -0.2) is 0 Å². The van der Waals surface area contributed by atoms with Crippen LogP contribution >= 0.6 is 0 Å². The molecule has 0 aliphatic carbocycles. The van der Waals surface area contributed by atoms with Gasteiger partial charge in [-0.05, 0) is 86.9 Å². The Hall–Kier alpha value is -3.79. The maximum atomic E-state index is 12.9. The molecule has 4 nitrogen and oxygen atoms in total. The summed E-state index contributed by atoms with van der Waals surface area (Å²) < 4.78 is 40.8. The molecule has 1 heterocycles. The van der Waals surface area contributed by atoms with Crippen LogP contribution in [0.5, 0.6) is 0 Å². The molecule has 0 aliphatic rings. The van der Waals surface area contributed by atoms with Gasteiger partial charge in [-0.1, -0.05) is 12.1 Å². The molecule has 0 aliphatic heterocycles. The molecular weight excluding hydrogens is 415 g/mol. The van der Waals surface area contributed by atoms with E-state index < -0.39 is 17.6 Å². The monoisotopic (exact) mass is 437 g/mol. The molecule has 1 amide bonds. The van der Waals surface area contributed by atoms with Crippen molar-refractivity contribution >= 4 is 17.7 Å². The predicted molar refractivity (Wildman–Crippen MR) is 118 cm³/mol. The number of nitriles is 1. The maximum absolute atomic E-state index is 12.9. The van der Waals surface area contributed by atoms with E-state index in [4.69, 9.17) is 0 Å². The maximum Gasteiger partial charge on any atom is 0.416 e. The number of aryl methyl sites for hydroxylation is 3. The smallest absolute Gasteiger partial charge is 0.321 e. The molecule has 2 aromatic carbocycles. The van der Waals surface area contributed by atoms with Gasteiger partial charge < -0.3 is 9.88 Å². The van der Waals surface area contributed by atoms with Crippen LogP contribution in [-0.4, -0.2) is 10.5 Å². The van der Waals surface area contributed by atoms with Gasteiger partial charge in [0.1, 0.15) is 11.6 Å². The van der Waals surface area contributed by atoms with Crippen molar-refractivity contribution in [3.8, 4) is 11.8 Å². The van der Waals surface area contributed by atoms with Crippen LogP contribution in [0.2, 0.25) is 0 Å². The van der Waals surface area contributed by atoms with E-state index >= 15 is 0 Å². The van der Waals surface area contributed by atoms with Crippen molar-refractivity contribution in [2.45, 2.75) is 33.9 Å². The molecule has 32 heavy (non-hydrogen) atoms. The lowest BCUT2D eigenvalue weighted by Gasteiger charge is -2.12. The molecule has 1 N–H and O–H groups in total. The topological polar surface area (TPSA) is 57.8 Å². The highest BCUT2D eigenvalue weighted by atomic mass is 19.4. The SMILES string of the molecule is Cc1cc(C)cc(-n2c(C)cc(/C=C(/C#N)C(=O)Nc3cccc(C(F)(F)F)c3)c2C)c1. The number of alkyl halides is 3. The molecule has 0 saturated heterocycles. The van der Waals surface area contributed by atoms with E-state index in [-0.39, 0.29) is 11.3 Å². The summed E-state index contributed by atoms with van der Waals surface area (Å²) in [6, 6.07) is 14.2. The second-order valence-corrected chi connectivity index (χ2v) is 7.71. The van der Waals surface area contributed by atoms with Crippen molar-refractivity contribution in [3.05, 3.63) is 87.7 Å². The highest BCUT2D eigenvalue weighted by molar-refractivity contribution is 6.09. The fourth-order valence-electron chi connectivity index (χ4n) is 3.69.